The van der Waals surface area contributed by atoms with E-state index in [0.29, 0.717) is 5.82 Å². The zero-order chi connectivity index (χ0) is 13.9. The topological polar surface area (TPSA) is 104 Å². The average Bonchev–Trinajstić information content (AvgIpc) is 2.88. The summed E-state index contributed by atoms with van der Waals surface area (Å²) >= 11 is 0. The molecule has 0 fully saturated rings. The lowest BCUT2D eigenvalue weighted by atomic mass is 10.3. The van der Waals surface area contributed by atoms with Gasteiger partial charge < -0.3 is 15.3 Å². The third-order valence-electron chi connectivity index (χ3n) is 2.76. The molecule has 0 bridgehead atoms. The molecule has 0 saturated carbocycles. The predicted molar refractivity (Wildman–Crippen MR) is 72.1 cm³/mol. The molecule has 100 valence electrons. The smallest absolute Gasteiger partial charge is 0.271 e. The number of benzene rings is 1. The Kier molecular flexibility index (Phi) is 3.00. The first kappa shape index (κ1) is 12.1. The number of aromatic nitrogens is 4. The molecule has 7 heteroatoms. The largest absolute Gasteiger partial charge is 0.343 e. The molecule has 20 heavy (non-hydrogen) atoms. The third-order valence-corrected chi connectivity index (χ3v) is 2.76. The first-order chi connectivity index (χ1) is 9.72. The highest BCUT2D eigenvalue weighted by Gasteiger charge is 2.08. The van der Waals surface area contributed by atoms with Gasteiger partial charge >= 0.3 is 0 Å². The number of aromatic amines is 2. The normalized spacial score (nSPS) is 10.6. The van der Waals surface area contributed by atoms with Crippen molar-refractivity contribution in [1.82, 2.24) is 25.3 Å². The van der Waals surface area contributed by atoms with Crippen molar-refractivity contribution in [3.8, 4) is 0 Å². The fraction of sp³-hybridized carbons (Fsp3) is 0.0769. The van der Waals surface area contributed by atoms with Crippen molar-refractivity contribution in [2.75, 3.05) is 0 Å². The van der Waals surface area contributed by atoms with Gasteiger partial charge in [-0.3, -0.25) is 9.59 Å². The van der Waals surface area contributed by atoms with E-state index in [-0.39, 0.29) is 23.7 Å². The van der Waals surface area contributed by atoms with Gasteiger partial charge in [0, 0.05) is 6.20 Å². The molecular formula is C13H11N5O2. The summed E-state index contributed by atoms with van der Waals surface area (Å²) in [6, 6.07) is 7.61. The first-order valence-electron chi connectivity index (χ1n) is 5.99. The van der Waals surface area contributed by atoms with E-state index in [1.165, 1.54) is 6.20 Å². The average molecular weight is 269 g/mol. The Balaban J connectivity index is 1.71. The monoisotopic (exact) mass is 269 g/mol. The molecule has 2 aromatic heterocycles. The van der Waals surface area contributed by atoms with Gasteiger partial charge in [-0.2, -0.15) is 0 Å². The van der Waals surface area contributed by atoms with Crippen LogP contribution >= 0.6 is 0 Å². The standard InChI is InChI=1S/C13H11N5O2/c19-12-7-14-10(5-15-12)13(20)16-6-11-17-8-3-1-2-4-9(8)18-11/h1-5,7H,6H2,(H,15,19)(H,16,20)(H,17,18). The summed E-state index contributed by atoms with van der Waals surface area (Å²) in [6.07, 6.45) is 2.34. The van der Waals surface area contributed by atoms with E-state index < -0.39 is 0 Å². The lowest BCUT2D eigenvalue weighted by Gasteiger charge is -2.01. The van der Waals surface area contributed by atoms with Crippen LogP contribution in [0.2, 0.25) is 0 Å². The SMILES string of the molecule is O=C(NCc1nc2ccccc2[nH]1)c1c[nH]c(=O)cn1. The molecule has 3 rings (SSSR count). The summed E-state index contributed by atoms with van der Waals surface area (Å²) in [5.41, 5.74) is 1.57. The Morgan fingerprint density at radius 1 is 1.30 bits per heavy atom. The van der Waals surface area contributed by atoms with Gasteiger partial charge in [0.05, 0.1) is 23.8 Å². The lowest BCUT2D eigenvalue weighted by Crippen LogP contribution is -2.25. The van der Waals surface area contributed by atoms with Crippen LogP contribution < -0.4 is 10.9 Å². The highest BCUT2D eigenvalue weighted by molar-refractivity contribution is 5.91. The van der Waals surface area contributed by atoms with Crippen LogP contribution in [0.1, 0.15) is 16.3 Å². The van der Waals surface area contributed by atoms with Crippen LogP contribution in [0, 0.1) is 0 Å². The number of carbonyl (C=O) groups is 1. The van der Waals surface area contributed by atoms with Crippen LogP contribution in [-0.2, 0) is 6.54 Å². The van der Waals surface area contributed by atoms with Gasteiger partial charge in [-0.25, -0.2) is 9.97 Å². The van der Waals surface area contributed by atoms with Crippen molar-refractivity contribution in [2.24, 2.45) is 0 Å². The molecule has 1 amide bonds. The molecular weight excluding hydrogens is 258 g/mol. The Labute approximate surface area is 113 Å². The first-order valence-corrected chi connectivity index (χ1v) is 5.99. The third kappa shape index (κ3) is 2.41. The van der Waals surface area contributed by atoms with Gasteiger partial charge in [0.2, 0.25) is 0 Å². The van der Waals surface area contributed by atoms with Gasteiger partial charge in [-0.1, -0.05) is 12.1 Å². The summed E-state index contributed by atoms with van der Waals surface area (Å²) in [6.45, 7) is 0.258. The molecule has 0 aliphatic heterocycles. The second-order valence-corrected chi connectivity index (χ2v) is 4.18. The van der Waals surface area contributed by atoms with Gasteiger partial charge in [-0.15, -0.1) is 0 Å². The van der Waals surface area contributed by atoms with Gasteiger partial charge in [0.15, 0.2) is 0 Å². The molecule has 0 aliphatic rings. The van der Waals surface area contributed by atoms with E-state index in [0.717, 1.165) is 17.2 Å². The van der Waals surface area contributed by atoms with Gasteiger partial charge in [0.1, 0.15) is 11.5 Å². The van der Waals surface area contributed by atoms with Crippen LogP contribution in [0.15, 0.2) is 41.5 Å². The van der Waals surface area contributed by atoms with Crippen molar-refractivity contribution >= 4 is 16.9 Å². The number of imidazole rings is 1. The molecule has 0 aliphatic carbocycles. The Hall–Kier alpha value is -2.96. The highest BCUT2D eigenvalue weighted by atomic mass is 16.2. The minimum absolute atomic E-state index is 0.153. The minimum Gasteiger partial charge on any atom is -0.343 e. The number of rotatable bonds is 3. The molecule has 7 nitrogen and oxygen atoms in total. The number of H-pyrrole nitrogens is 2. The van der Waals surface area contributed by atoms with E-state index in [2.05, 4.69) is 25.3 Å². The number of para-hydroxylation sites is 2. The summed E-state index contributed by atoms with van der Waals surface area (Å²) < 4.78 is 0. The van der Waals surface area contributed by atoms with E-state index in [9.17, 15) is 9.59 Å². The van der Waals surface area contributed by atoms with Crippen molar-refractivity contribution < 1.29 is 4.79 Å². The fourth-order valence-electron chi connectivity index (χ4n) is 1.81. The van der Waals surface area contributed by atoms with E-state index in [4.69, 9.17) is 0 Å². The van der Waals surface area contributed by atoms with Crippen LogP contribution in [0.4, 0.5) is 0 Å². The van der Waals surface area contributed by atoms with Crippen LogP contribution in [-0.4, -0.2) is 25.8 Å². The lowest BCUT2D eigenvalue weighted by molar-refractivity contribution is 0.0944. The maximum absolute atomic E-state index is 11.8. The second-order valence-electron chi connectivity index (χ2n) is 4.18. The maximum Gasteiger partial charge on any atom is 0.271 e. The van der Waals surface area contributed by atoms with Crippen molar-refractivity contribution in [1.29, 1.82) is 0 Å². The summed E-state index contributed by atoms with van der Waals surface area (Å²) in [5, 5.41) is 2.68. The predicted octanol–water partition coefficient (Wildman–Crippen LogP) is 0.576. The van der Waals surface area contributed by atoms with E-state index in [1.54, 1.807) is 0 Å². The Bertz CT molecular complexity index is 767. The van der Waals surface area contributed by atoms with Crippen LogP contribution in [0.3, 0.4) is 0 Å². The van der Waals surface area contributed by atoms with Crippen LogP contribution in [0.25, 0.3) is 11.0 Å². The quantitative estimate of drug-likeness (QED) is 0.646. The Morgan fingerprint density at radius 2 is 2.15 bits per heavy atom. The number of hydrogen-bond donors (Lipinski definition) is 3. The Morgan fingerprint density at radius 3 is 2.90 bits per heavy atom. The number of nitrogens with one attached hydrogen (secondary N) is 3. The summed E-state index contributed by atoms with van der Waals surface area (Å²) in [5.74, 6) is 0.283. The number of amides is 1. The van der Waals surface area contributed by atoms with Gasteiger partial charge in [-0.05, 0) is 12.1 Å². The number of nitrogens with zero attached hydrogens (tertiary/aromatic N) is 2. The molecule has 0 atom stereocenters. The molecule has 2 heterocycles. The molecule has 0 radical (unpaired) electrons. The molecule has 1 aromatic carbocycles. The maximum atomic E-state index is 11.8. The zero-order valence-electron chi connectivity index (χ0n) is 10.4. The van der Waals surface area contributed by atoms with Crippen molar-refractivity contribution in [3.63, 3.8) is 0 Å². The molecule has 3 N–H and O–H groups in total. The number of carbonyl (C=O) groups excluding carboxylic acids is 1. The van der Waals surface area contributed by atoms with E-state index >= 15 is 0 Å². The molecule has 0 spiro atoms. The molecule has 0 saturated heterocycles. The number of fused-ring (bicyclic) bond motifs is 1. The van der Waals surface area contributed by atoms with Crippen LogP contribution in [0.5, 0.6) is 0 Å². The zero-order valence-corrected chi connectivity index (χ0v) is 10.4. The van der Waals surface area contributed by atoms with Crippen molar-refractivity contribution in [2.45, 2.75) is 6.54 Å². The summed E-state index contributed by atoms with van der Waals surface area (Å²) in [7, 11) is 0. The summed E-state index contributed by atoms with van der Waals surface area (Å²) in [4.78, 5) is 36.3. The minimum atomic E-state index is -0.373. The highest BCUT2D eigenvalue weighted by Crippen LogP contribution is 2.09. The molecule has 3 aromatic rings. The van der Waals surface area contributed by atoms with E-state index in [1.807, 2.05) is 24.3 Å². The molecule has 0 unspecified atom stereocenters. The second kappa shape index (κ2) is 4.96. The van der Waals surface area contributed by atoms with Crippen molar-refractivity contribution in [3.05, 3.63) is 58.5 Å². The number of hydrogen-bond acceptors (Lipinski definition) is 4. The van der Waals surface area contributed by atoms with Gasteiger partial charge in [0.25, 0.3) is 11.5 Å². The fourth-order valence-corrected chi connectivity index (χ4v) is 1.81.